The lowest BCUT2D eigenvalue weighted by Crippen LogP contribution is -2.46. The van der Waals surface area contributed by atoms with Crippen LogP contribution in [0.1, 0.15) is 38.5 Å². The predicted molar refractivity (Wildman–Crippen MR) is 65.6 cm³/mol. The lowest BCUT2D eigenvalue weighted by molar-refractivity contribution is -0.108. The highest BCUT2D eigenvalue weighted by Gasteiger charge is 2.24. The molecule has 2 aliphatic rings. The first kappa shape index (κ1) is 12.1. The van der Waals surface area contributed by atoms with Crippen LogP contribution in [0.5, 0.6) is 0 Å². The summed E-state index contributed by atoms with van der Waals surface area (Å²) in [5.74, 6) is 0. The number of carbonyl (C=O) groups is 1. The minimum absolute atomic E-state index is 0.703. The van der Waals surface area contributed by atoms with E-state index in [0.29, 0.717) is 6.42 Å². The average Bonchev–Trinajstić information content (AvgIpc) is 2.38. The molecule has 0 aromatic heterocycles. The van der Waals surface area contributed by atoms with Crippen molar-refractivity contribution < 1.29 is 4.79 Å². The summed E-state index contributed by atoms with van der Waals surface area (Å²) in [4.78, 5) is 15.5. The molecule has 3 nitrogen and oxygen atoms in total. The van der Waals surface area contributed by atoms with E-state index in [1.165, 1.54) is 58.3 Å². The van der Waals surface area contributed by atoms with Gasteiger partial charge in [0.1, 0.15) is 6.29 Å². The summed E-state index contributed by atoms with van der Waals surface area (Å²) in [5, 5.41) is 0. The number of hydrogen-bond acceptors (Lipinski definition) is 3. The van der Waals surface area contributed by atoms with E-state index in [1.807, 2.05) is 0 Å². The summed E-state index contributed by atoms with van der Waals surface area (Å²) >= 11 is 0. The van der Waals surface area contributed by atoms with Gasteiger partial charge in [-0.25, -0.2) is 0 Å². The SMILES string of the molecule is O=CCCN1CCC(N2CCCCC2)CC1. The number of aldehydes is 1. The molecule has 3 heteroatoms. The topological polar surface area (TPSA) is 23.6 Å². The summed E-state index contributed by atoms with van der Waals surface area (Å²) in [5.41, 5.74) is 0. The molecule has 0 aromatic rings. The first-order valence-electron chi connectivity index (χ1n) is 6.80. The molecule has 2 aliphatic heterocycles. The van der Waals surface area contributed by atoms with E-state index in [9.17, 15) is 4.79 Å². The fourth-order valence-electron chi connectivity index (χ4n) is 3.03. The molecule has 0 aliphatic carbocycles. The quantitative estimate of drug-likeness (QED) is 0.677. The number of carbonyl (C=O) groups excluding carboxylic acids is 1. The Hall–Kier alpha value is -0.410. The van der Waals surface area contributed by atoms with Crippen molar-refractivity contribution in [3.63, 3.8) is 0 Å². The molecule has 2 saturated heterocycles. The van der Waals surface area contributed by atoms with E-state index >= 15 is 0 Å². The molecule has 0 radical (unpaired) electrons. The van der Waals surface area contributed by atoms with Gasteiger partial charge in [0, 0.05) is 19.0 Å². The second-order valence-electron chi connectivity index (χ2n) is 5.12. The summed E-state index contributed by atoms with van der Waals surface area (Å²) < 4.78 is 0. The molecule has 0 bridgehead atoms. The molecule has 16 heavy (non-hydrogen) atoms. The Kier molecular flexibility index (Phi) is 4.79. The van der Waals surface area contributed by atoms with Crippen molar-refractivity contribution in [2.24, 2.45) is 0 Å². The smallest absolute Gasteiger partial charge is 0.121 e. The Bertz CT molecular complexity index is 206. The molecular weight excluding hydrogens is 200 g/mol. The average molecular weight is 224 g/mol. The van der Waals surface area contributed by atoms with Crippen molar-refractivity contribution in [2.45, 2.75) is 44.6 Å². The minimum atomic E-state index is 0.703. The van der Waals surface area contributed by atoms with E-state index in [1.54, 1.807) is 0 Å². The summed E-state index contributed by atoms with van der Waals surface area (Å²) in [7, 11) is 0. The molecule has 0 saturated carbocycles. The zero-order valence-electron chi connectivity index (χ0n) is 10.2. The molecule has 0 unspecified atom stereocenters. The van der Waals surface area contributed by atoms with E-state index in [2.05, 4.69) is 9.80 Å². The first-order chi connectivity index (χ1) is 7.90. The minimum Gasteiger partial charge on any atom is -0.303 e. The third-order valence-electron chi connectivity index (χ3n) is 4.03. The normalized spacial score (nSPS) is 25.8. The van der Waals surface area contributed by atoms with Gasteiger partial charge < -0.3 is 14.6 Å². The van der Waals surface area contributed by atoms with Crippen LogP contribution in [-0.2, 0) is 4.79 Å². The third kappa shape index (κ3) is 3.29. The molecule has 92 valence electrons. The highest BCUT2D eigenvalue weighted by atomic mass is 16.1. The van der Waals surface area contributed by atoms with Crippen molar-refractivity contribution in [1.29, 1.82) is 0 Å². The molecule has 2 heterocycles. The lowest BCUT2D eigenvalue weighted by atomic mass is 10.00. The number of piperidine rings is 2. The molecule has 0 amide bonds. The standard InChI is InChI=1S/C13H24N2O/c16-12-4-7-14-10-5-13(6-11-14)15-8-2-1-3-9-15/h12-13H,1-11H2. The molecular formula is C13H24N2O. The monoisotopic (exact) mass is 224 g/mol. The van der Waals surface area contributed by atoms with Gasteiger partial charge in [0.05, 0.1) is 0 Å². The second-order valence-corrected chi connectivity index (χ2v) is 5.12. The van der Waals surface area contributed by atoms with E-state index in [-0.39, 0.29) is 0 Å². The van der Waals surface area contributed by atoms with Gasteiger partial charge in [-0.3, -0.25) is 0 Å². The van der Waals surface area contributed by atoms with Gasteiger partial charge in [-0.2, -0.15) is 0 Å². The maximum absolute atomic E-state index is 10.3. The lowest BCUT2D eigenvalue weighted by Gasteiger charge is -2.40. The van der Waals surface area contributed by atoms with Crippen LogP contribution in [0, 0.1) is 0 Å². The molecule has 0 N–H and O–H groups in total. The molecule has 0 atom stereocenters. The zero-order chi connectivity index (χ0) is 11.2. The Morgan fingerprint density at radius 2 is 1.69 bits per heavy atom. The Labute approximate surface area is 98.8 Å². The van der Waals surface area contributed by atoms with Crippen molar-refractivity contribution in [3.05, 3.63) is 0 Å². The van der Waals surface area contributed by atoms with Gasteiger partial charge >= 0.3 is 0 Å². The number of nitrogens with zero attached hydrogens (tertiary/aromatic N) is 2. The summed E-state index contributed by atoms with van der Waals surface area (Å²) in [6.07, 6.45) is 8.56. The highest BCUT2D eigenvalue weighted by molar-refractivity contribution is 5.49. The van der Waals surface area contributed by atoms with Crippen molar-refractivity contribution >= 4 is 6.29 Å². The van der Waals surface area contributed by atoms with Crippen LogP contribution in [0.3, 0.4) is 0 Å². The maximum Gasteiger partial charge on any atom is 0.121 e. The van der Waals surface area contributed by atoms with Crippen molar-refractivity contribution in [2.75, 3.05) is 32.7 Å². The third-order valence-corrected chi connectivity index (χ3v) is 4.03. The van der Waals surface area contributed by atoms with Crippen LogP contribution >= 0.6 is 0 Å². The van der Waals surface area contributed by atoms with E-state index in [0.717, 1.165) is 18.9 Å². The Balaban J connectivity index is 1.69. The molecule has 0 spiro atoms. The second kappa shape index (κ2) is 6.36. The molecule has 0 aromatic carbocycles. The Morgan fingerprint density at radius 1 is 1.00 bits per heavy atom. The predicted octanol–water partition coefficient (Wildman–Crippen LogP) is 1.53. The molecule has 2 rings (SSSR count). The van der Waals surface area contributed by atoms with Gasteiger partial charge in [0.2, 0.25) is 0 Å². The van der Waals surface area contributed by atoms with Crippen LogP contribution in [0.2, 0.25) is 0 Å². The van der Waals surface area contributed by atoms with Crippen LogP contribution < -0.4 is 0 Å². The number of hydrogen-bond donors (Lipinski definition) is 0. The Morgan fingerprint density at radius 3 is 2.31 bits per heavy atom. The van der Waals surface area contributed by atoms with Gasteiger partial charge in [-0.1, -0.05) is 6.42 Å². The molecule has 2 fully saturated rings. The van der Waals surface area contributed by atoms with Gasteiger partial charge in [-0.05, 0) is 51.9 Å². The highest BCUT2D eigenvalue weighted by Crippen LogP contribution is 2.20. The zero-order valence-corrected chi connectivity index (χ0v) is 10.2. The van der Waals surface area contributed by atoms with Gasteiger partial charge in [0.25, 0.3) is 0 Å². The van der Waals surface area contributed by atoms with E-state index < -0.39 is 0 Å². The fraction of sp³-hybridized carbons (Fsp3) is 0.923. The van der Waals surface area contributed by atoms with Crippen LogP contribution in [0.25, 0.3) is 0 Å². The maximum atomic E-state index is 10.3. The van der Waals surface area contributed by atoms with Gasteiger partial charge in [-0.15, -0.1) is 0 Å². The van der Waals surface area contributed by atoms with Crippen LogP contribution in [0.4, 0.5) is 0 Å². The first-order valence-corrected chi connectivity index (χ1v) is 6.80. The van der Waals surface area contributed by atoms with Crippen molar-refractivity contribution in [1.82, 2.24) is 9.80 Å². The number of rotatable bonds is 4. The summed E-state index contributed by atoms with van der Waals surface area (Å²) in [6, 6.07) is 0.827. The largest absolute Gasteiger partial charge is 0.303 e. The summed E-state index contributed by atoms with van der Waals surface area (Å²) in [6.45, 7) is 5.98. The fourth-order valence-corrected chi connectivity index (χ4v) is 3.03. The van der Waals surface area contributed by atoms with Gasteiger partial charge in [0.15, 0.2) is 0 Å². The van der Waals surface area contributed by atoms with E-state index in [4.69, 9.17) is 0 Å². The van der Waals surface area contributed by atoms with Crippen LogP contribution in [-0.4, -0.2) is 54.9 Å². The van der Waals surface area contributed by atoms with Crippen molar-refractivity contribution in [3.8, 4) is 0 Å². The number of likely N-dealkylation sites (tertiary alicyclic amines) is 2. The van der Waals surface area contributed by atoms with Crippen LogP contribution in [0.15, 0.2) is 0 Å².